The van der Waals surface area contributed by atoms with Gasteiger partial charge in [0.2, 0.25) is 5.91 Å². The third-order valence-corrected chi connectivity index (χ3v) is 3.55. The molecule has 2 fully saturated rings. The molecule has 0 N–H and O–H groups in total. The maximum absolute atomic E-state index is 11.9. The average molecular weight is 307 g/mol. The molecule has 0 atom stereocenters. The second-order valence-corrected chi connectivity index (χ2v) is 5.01. The molecule has 2 rings (SSSR count). The standard InChI is InChI=1S/C14H17N3O5/c1-2-3-4-11(18)15-7-9-16(10-8-15)14(21)22-17-12(19)5-6-13(17)20/h1H,3-10H2. The lowest BCUT2D eigenvalue weighted by Gasteiger charge is -2.34. The van der Waals surface area contributed by atoms with Crippen molar-refractivity contribution in [2.45, 2.75) is 25.7 Å². The van der Waals surface area contributed by atoms with E-state index >= 15 is 0 Å². The zero-order valence-corrected chi connectivity index (χ0v) is 12.1. The highest BCUT2D eigenvalue weighted by atomic mass is 16.7. The molecule has 8 nitrogen and oxygen atoms in total. The molecule has 0 spiro atoms. The largest absolute Gasteiger partial charge is 0.434 e. The quantitative estimate of drug-likeness (QED) is 0.530. The van der Waals surface area contributed by atoms with Gasteiger partial charge in [0.05, 0.1) is 0 Å². The van der Waals surface area contributed by atoms with Gasteiger partial charge in [-0.3, -0.25) is 14.4 Å². The van der Waals surface area contributed by atoms with E-state index in [0.717, 1.165) is 0 Å². The fourth-order valence-electron chi connectivity index (χ4n) is 2.27. The predicted molar refractivity (Wildman–Crippen MR) is 73.8 cm³/mol. The van der Waals surface area contributed by atoms with Crippen molar-refractivity contribution in [2.24, 2.45) is 0 Å². The van der Waals surface area contributed by atoms with Crippen LogP contribution in [0.3, 0.4) is 0 Å². The number of imide groups is 1. The highest BCUT2D eigenvalue weighted by Gasteiger charge is 2.35. The van der Waals surface area contributed by atoms with Crippen molar-refractivity contribution in [3.05, 3.63) is 0 Å². The molecule has 2 aliphatic heterocycles. The summed E-state index contributed by atoms with van der Waals surface area (Å²) < 4.78 is 0. The van der Waals surface area contributed by atoms with Crippen molar-refractivity contribution in [3.8, 4) is 12.3 Å². The average Bonchev–Trinajstić information content (AvgIpc) is 2.84. The Kier molecular flexibility index (Phi) is 4.99. The maximum Gasteiger partial charge on any atom is 0.434 e. The number of hydrogen-bond donors (Lipinski definition) is 0. The van der Waals surface area contributed by atoms with Gasteiger partial charge in [0.15, 0.2) is 0 Å². The van der Waals surface area contributed by atoms with Crippen LogP contribution in [-0.4, -0.2) is 64.9 Å². The molecule has 2 aliphatic rings. The Labute approximate surface area is 127 Å². The Balaban J connectivity index is 1.80. The second-order valence-electron chi connectivity index (χ2n) is 5.01. The van der Waals surface area contributed by atoms with E-state index in [1.165, 1.54) is 4.90 Å². The lowest BCUT2D eigenvalue weighted by Crippen LogP contribution is -2.52. The van der Waals surface area contributed by atoms with Gasteiger partial charge in [0.1, 0.15) is 0 Å². The van der Waals surface area contributed by atoms with Crippen molar-refractivity contribution in [1.29, 1.82) is 0 Å². The number of hydroxylamine groups is 2. The van der Waals surface area contributed by atoms with Crippen LogP contribution in [0.5, 0.6) is 0 Å². The summed E-state index contributed by atoms with van der Waals surface area (Å²) in [4.78, 5) is 54.3. The van der Waals surface area contributed by atoms with Crippen LogP contribution >= 0.6 is 0 Å². The van der Waals surface area contributed by atoms with Crippen LogP contribution in [0.25, 0.3) is 0 Å². The van der Waals surface area contributed by atoms with Crippen molar-refractivity contribution in [2.75, 3.05) is 26.2 Å². The fraction of sp³-hybridized carbons (Fsp3) is 0.571. The number of hydrogen-bond acceptors (Lipinski definition) is 5. The lowest BCUT2D eigenvalue weighted by molar-refractivity contribution is -0.174. The van der Waals surface area contributed by atoms with Crippen LogP contribution in [0.15, 0.2) is 0 Å². The number of amides is 4. The van der Waals surface area contributed by atoms with Crippen LogP contribution in [0.4, 0.5) is 4.79 Å². The summed E-state index contributed by atoms with van der Waals surface area (Å²) in [5.41, 5.74) is 0. The number of carbonyl (C=O) groups excluding carboxylic acids is 4. The molecule has 0 aliphatic carbocycles. The molecule has 0 unspecified atom stereocenters. The Morgan fingerprint density at radius 1 is 1.05 bits per heavy atom. The molecule has 4 amide bonds. The zero-order chi connectivity index (χ0) is 16.1. The third kappa shape index (κ3) is 3.55. The molecular weight excluding hydrogens is 290 g/mol. The molecule has 0 aromatic carbocycles. The molecule has 22 heavy (non-hydrogen) atoms. The summed E-state index contributed by atoms with van der Waals surface area (Å²) in [6.45, 7) is 1.33. The Hall–Kier alpha value is -2.56. The van der Waals surface area contributed by atoms with Gasteiger partial charge in [0, 0.05) is 51.9 Å². The van der Waals surface area contributed by atoms with Crippen LogP contribution in [0.1, 0.15) is 25.7 Å². The van der Waals surface area contributed by atoms with Gasteiger partial charge >= 0.3 is 6.09 Å². The van der Waals surface area contributed by atoms with Crippen molar-refractivity contribution in [3.63, 3.8) is 0 Å². The van der Waals surface area contributed by atoms with E-state index < -0.39 is 17.9 Å². The first-order valence-corrected chi connectivity index (χ1v) is 7.07. The van der Waals surface area contributed by atoms with E-state index in [-0.39, 0.29) is 38.3 Å². The van der Waals surface area contributed by atoms with Gasteiger partial charge in [-0.1, -0.05) is 0 Å². The van der Waals surface area contributed by atoms with E-state index in [9.17, 15) is 19.2 Å². The number of carbonyl (C=O) groups is 4. The molecule has 0 aromatic heterocycles. The number of nitrogens with zero attached hydrogens (tertiary/aromatic N) is 3. The molecule has 0 radical (unpaired) electrons. The maximum atomic E-state index is 11.9. The smallest absolute Gasteiger partial charge is 0.339 e. The molecule has 8 heteroatoms. The molecule has 2 saturated heterocycles. The highest BCUT2D eigenvalue weighted by molar-refractivity contribution is 6.01. The predicted octanol–water partition coefficient (Wildman–Crippen LogP) is -0.255. The van der Waals surface area contributed by atoms with E-state index in [1.54, 1.807) is 4.90 Å². The Morgan fingerprint density at radius 3 is 2.14 bits per heavy atom. The van der Waals surface area contributed by atoms with Crippen molar-refractivity contribution < 1.29 is 24.0 Å². The van der Waals surface area contributed by atoms with Gasteiger partial charge in [-0.15, -0.1) is 17.4 Å². The Morgan fingerprint density at radius 2 is 1.59 bits per heavy atom. The van der Waals surface area contributed by atoms with Gasteiger partial charge in [-0.05, 0) is 0 Å². The SMILES string of the molecule is C#CCCC(=O)N1CCN(C(=O)ON2C(=O)CCC2=O)CC1. The summed E-state index contributed by atoms with van der Waals surface area (Å²) in [6.07, 6.45) is 5.16. The molecule has 0 aromatic rings. The minimum atomic E-state index is -0.751. The summed E-state index contributed by atoms with van der Waals surface area (Å²) >= 11 is 0. The second kappa shape index (κ2) is 6.93. The lowest BCUT2D eigenvalue weighted by atomic mass is 10.2. The number of terminal acetylenes is 1. The summed E-state index contributed by atoms with van der Waals surface area (Å²) in [5.74, 6) is 1.34. The van der Waals surface area contributed by atoms with Crippen LogP contribution in [0, 0.1) is 12.3 Å². The topological polar surface area (TPSA) is 87.2 Å². The van der Waals surface area contributed by atoms with Crippen molar-refractivity contribution in [1.82, 2.24) is 14.9 Å². The van der Waals surface area contributed by atoms with Crippen LogP contribution in [-0.2, 0) is 19.2 Å². The van der Waals surface area contributed by atoms with Crippen LogP contribution in [0.2, 0.25) is 0 Å². The first-order valence-electron chi connectivity index (χ1n) is 7.07. The third-order valence-electron chi connectivity index (χ3n) is 3.55. The molecule has 2 heterocycles. The number of rotatable bonds is 3. The highest BCUT2D eigenvalue weighted by Crippen LogP contribution is 2.14. The number of piperazine rings is 1. The fourth-order valence-corrected chi connectivity index (χ4v) is 2.27. The summed E-state index contributed by atoms with van der Waals surface area (Å²) in [5, 5.41) is 0.521. The zero-order valence-electron chi connectivity index (χ0n) is 12.1. The summed E-state index contributed by atoms with van der Waals surface area (Å²) in [6, 6.07) is 0. The van der Waals surface area contributed by atoms with E-state index in [1.807, 2.05) is 0 Å². The molecular formula is C14H17N3O5. The molecule has 118 valence electrons. The van der Waals surface area contributed by atoms with E-state index in [4.69, 9.17) is 11.3 Å². The Bertz CT molecular complexity index is 515. The normalized spacial score (nSPS) is 18.4. The van der Waals surface area contributed by atoms with Gasteiger partial charge in [0.25, 0.3) is 11.8 Å². The van der Waals surface area contributed by atoms with E-state index in [0.29, 0.717) is 24.6 Å². The van der Waals surface area contributed by atoms with Gasteiger partial charge < -0.3 is 14.6 Å². The van der Waals surface area contributed by atoms with Crippen LogP contribution < -0.4 is 0 Å². The minimum absolute atomic E-state index is 0.0455. The van der Waals surface area contributed by atoms with E-state index in [2.05, 4.69) is 5.92 Å². The van der Waals surface area contributed by atoms with Gasteiger partial charge in [-0.2, -0.15) is 0 Å². The summed E-state index contributed by atoms with van der Waals surface area (Å²) in [7, 11) is 0. The first kappa shape index (κ1) is 15.8. The minimum Gasteiger partial charge on any atom is -0.339 e. The molecule has 0 bridgehead atoms. The van der Waals surface area contributed by atoms with Gasteiger partial charge in [-0.25, -0.2) is 4.79 Å². The van der Waals surface area contributed by atoms with Crippen molar-refractivity contribution >= 4 is 23.8 Å². The monoisotopic (exact) mass is 307 g/mol. The first-order chi connectivity index (χ1) is 10.5. The molecule has 0 saturated carbocycles.